The van der Waals surface area contributed by atoms with Crippen molar-refractivity contribution in [2.45, 2.75) is 13.0 Å². The summed E-state index contributed by atoms with van der Waals surface area (Å²) in [5.74, 6) is 0. The van der Waals surface area contributed by atoms with E-state index in [9.17, 15) is 0 Å². The van der Waals surface area contributed by atoms with E-state index in [1.807, 2.05) is 12.4 Å². The summed E-state index contributed by atoms with van der Waals surface area (Å²) < 4.78 is 0. The molecule has 1 aliphatic heterocycles. The first kappa shape index (κ1) is 10.1. The van der Waals surface area contributed by atoms with E-state index < -0.39 is 0 Å². The average molecular weight is 222 g/mol. The third-order valence-corrected chi connectivity index (χ3v) is 3.06. The second kappa shape index (κ2) is 4.06. The first-order chi connectivity index (χ1) is 8.34. The van der Waals surface area contributed by atoms with Crippen LogP contribution in [0.3, 0.4) is 0 Å². The van der Waals surface area contributed by atoms with Crippen molar-refractivity contribution < 1.29 is 0 Å². The monoisotopic (exact) mass is 222 g/mol. The van der Waals surface area contributed by atoms with Crippen LogP contribution in [0, 0.1) is 6.92 Å². The van der Waals surface area contributed by atoms with Crippen molar-refractivity contribution in [1.82, 2.24) is 10.3 Å². The van der Waals surface area contributed by atoms with Gasteiger partial charge in [0.25, 0.3) is 0 Å². The summed E-state index contributed by atoms with van der Waals surface area (Å²) in [7, 11) is 0. The molecule has 0 bridgehead atoms. The Bertz CT molecular complexity index is 555. The molecule has 0 fully saturated rings. The minimum Gasteiger partial charge on any atom is -0.379 e. The number of pyridine rings is 1. The Kier molecular flexibility index (Phi) is 2.41. The maximum absolute atomic E-state index is 4.50. The van der Waals surface area contributed by atoms with Gasteiger partial charge in [0.15, 0.2) is 0 Å². The van der Waals surface area contributed by atoms with Crippen LogP contribution in [0.1, 0.15) is 28.4 Å². The fraction of sp³-hybridized carbons (Fsp3) is 0.133. The summed E-state index contributed by atoms with van der Waals surface area (Å²) in [6.45, 7) is 2.05. The normalized spacial score (nSPS) is 17.4. The highest BCUT2D eigenvalue weighted by Gasteiger charge is 2.18. The van der Waals surface area contributed by atoms with Crippen molar-refractivity contribution in [2.24, 2.45) is 0 Å². The Morgan fingerprint density at radius 2 is 2.00 bits per heavy atom. The summed E-state index contributed by atoms with van der Waals surface area (Å²) >= 11 is 0. The zero-order valence-electron chi connectivity index (χ0n) is 9.72. The third kappa shape index (κ3) is 1.82. The van der Waals surface area contributed by atoms with Gasteiger partial charge in [-0.3, -0.25) is 4.98 Å². The second-order valence-electron chi connectivity index (χ2n) is 4.32. The van der Waals surface area contributed by atoms with Gasteiger partial charge in [-0.05, 0) is 42.0 Å². The van der Waals surface area contributed by atoms with E-state index in [2.05, 4.69) is 59.7 Å². The van der Waals surface area contributed by atoms with Crippen LogP contribution in [-0.2, 0) is 0 Å². The molecule has 0 spiro atoms. The summed E-state index contributed by atoms with van der Waals surface area (Å²) in [4.78, 5) is 4.50. The molecule has 0 saturated carbocycles. The van der Waals surface area contributed by atoms with Crippen molar-refractivity contribution in [3.05, 3.63) is 71.2 Å². The van der Waals surface area contributed by atoms with Crippen molar-refractivity contribution in [2.75, 3.05) is 0 Å². The van der Waals surface area contributed by atoms with Crippen molar-refractivity contribution in [1.29, 1.82) is 0 Å². The molecule has 0 amide bonds. The minimum absolute atomic E-state index is 0.164. The number of aryl methyl sites for hydroxylation is 1. The predicted molar refractivity (Wildman–Crippen MR) is 69.4 cm³/mol. The Balaban J connectivity index is 2.05. The molecule has 1 N–H and O–H groups in total. The van der Waals surface area contributed by atoms with Crippen molar-refractivity contribution in [3.63, 3.8) is 0 Å². The fourth-order valence-electron chi connectivity index (χ4n) is 2.14. The Morgan fingerprint density at radius 1 is 1.12 bits per heavy atom. The molecule has 1 aromatic carbocycles. The van der Waals surface area contributed by atoms with Crippen LogP contribution in [0.5, 0.6) is 0 Å². The van der Waals surface area contributed by atoms with E-state index in [4.69, 9.17) is 0 Å². The van der Waals surface area contributed by atoms with Crippen LogP contribution in [0.15, 0.2) is 48.8 Å². The van der Waals surface area contributed by atoms with E-state index in [1.54, 1.807) is 0 Å². The average Bonchev–Trinajstić information content (AvgIpc) is 2.39. The first-order valence-electron chi connectivity index (χ1n) is 5.79. The van der Waals surface area contributed by atoms with Crippen LogP contribution in [0.4, 0.5) is 0 Å². The van der Waals surface area contributed by atoms with Gasteiger partial charge < -0.3 is 5.32 Å². The van der Waals surface area contributed by atoms with E-state index >= 15 is 0 Å². The lowest BCUT2D eigenvalue weighted by Gasteiger charge is -2.23. The molecule has 0 saturated heterocycles. The van der Waals surface area contributed by atoms with Gasteiger partial charge in [0, 0.05) is 6.20 Å². The Labute approximate surface area is 101 Å². The number of hydrogen-bond acceptors (Lipinski definition) is 2. The van der Waals surface area contributed by atoms with Gasteiger partial charge in [-0.2, -0.15) is 0 Å². The summed E-state index contributed by atoms with van der Waals surface area (Å²) in [5, 5.41) is 3.37. The SMILES string of the molecule is Cc1ccc(C2NC=Cc3ccccc32)nc1. The number of nitrogens with zero attached hydrogens (tertiary/aromatic N) is 1. The topological polar surface area (TPSA) is 24.9 Å². The lowest BCUT2D eigenvalue weighted by atomic mass is 9.95. The molecule has 0 radical (unpaired) electrons. The number of fused-ring (bicyclic) bond motifs is 1. The molecule has 2 aromatic rings. The highest BCUT2D eigenvalue weighted by molar-refractivity contribution is 5.58. The van der Waals surface area contributed by atoms with Crippen molar-refractivity contribution in [3.8, 4) is 0 Å². The van der Waals surface area contributed by atoms with Crippen LogP contribution < -0.4 is 5.32 Å². The van der Waals surface area contributed by atoms with Gasteiger partial charge in [0.2, 0.25) is 0 Å². The molecule has 2 heterocycles. The second-order valence-corrected chi connectivity index (χ2v) is 4.32. The number of benzene rings is 1. The smallest absolute Gasteiger partial charge is 0.0941 e. The largest absolute Gasteiger partial charge is 0.379 e. The molecule has 84 valence electrons. The molecular weight excluding hydrogens is 208 g/mol. The number of rotatable bonds is 1. The van der Waals surface area contributed by atoms with Crippen LogP contribution in [0.25, 0.3) is 6.08 Å². The van der Waals surface area contributed by atoms with Crippen LogP contribution in [-0.4, -0.2) is 4.98 Å². The molecule has 2 heteroatoms. The minimum atomic E-state index is 0.164. The Hall–Kier alpha value is -2.09. The molecule has 1 aromatic heterocycles. The summed E-state index contributed by atoms with van der Waals surface area (Å²) in [5.41, 5.74) is 4.80. The number of aromatic nitrogens is 1. The molecule has 2 nitrogen and oxygen atoms in total. The van der Waals surface area contributed by atoms with E-state index in [0.717, 1.165) is 5.69 Å². The lowest BCUT2D eigenvalue weighted by Crippen LogP contribution is -2.21. The molecule has 1 atom stereocenters. The highest BCUT2D eigenvalue weighted by atomic mass is 14.9. The van der Waals surface area contributed by atoms with Gasteiger partial charge in [-0.25, -0.2) is 0 Å². The molecule has 17 heavy (non-hydrogen) atoms. The van der Waals surface area contributed by atoms with E-state index in [0.29, 0.717) is 0 Å². The molecule has 3 rings (SSSR count). The third-order valence-electron chi connectivity index (χ3n) is 3.06. The van der Waals surface area contributed by atoms with Gasteiger partial charge in [-0.15, -0.1) is 0 Å². The Morgan fingerprint density at radius 3 is 2.82 bits per heavy atom. The number of hydrogen-bond donors (Lipinski definition) is 1. The molecule has 1 unspecified atom stereocenters. The molecule has 1 aliphatic rings. The summed E-state index contributed by atoms with van der Waals surface area (Å²) in [6, 6.07) is 12.8. The summed E-state index contributed by atoms with van der Waals surface area (Å²) in [6.07, 6.45) is 6.01. The zero-order chi connectivity index (χ0) is 11.7. The standard InChI is InChI=1S/C15H14N2/c1-11-6-7-14(17-10-11)15-13-5-3-2-4-12(13)8-9-16-15/h2-10,15-16H,1H3. The molecular formula is C15H14N2. The first-order valence-corrected chi connectivity index (χ1v) is 5.79. The van der Waals surface area contributed by atoms with Gasteiger partial charge >= 0.3 is 0 Å². The lowest BCUT2D eigenvalue weighted by molar-refractivity contribution is 0.696. The highest BCUT2D eigenvalue weighted by Crippen LogP contribution is 2.27. The molecule has 0 aliphatic carbocycles. The maximum atomic E-state index is 4.50. The van der Waals surface area contributed by atoms with Gasteiger partial charge in [-0.1, -0.05) is 30.3 Å². The van der Waals surface area contributed by atoms with E-state index in [1.165, 1.54) is 16.7 Å². The predicted octanol–water partition coefficient (Wildman–Crippen LogP) is 3.05. The quantitative estimate of drug-likeness (QED) is 0.802. The van der Waals surface area contributed by atoms with Crippen LogP contribution >= 0.6 is 0 Å². The fourth-order valence-corrected chi connectivity index (χ4v) is 2.14. The zero-order valence-corrected chi connectivity index (χ0v) is 9.72. The maximum Gasteiger partial charge on any atom is 0.0941 e. The van der Waals surface area contributed by atoms with Crippen LogP contribution in [0.2, 0.25) is 0 Å². The van der Waals surface area contributed by atoms with Gasteiger partial charge in [0.05, 0.1) is 11.7 Å². The van der Waals surface area contributed by atoms with Gasteiger partial charge in [0.1, 0.15) is 0 Å². The van der Waals surface area contributed by atoms with Crippen molar-refractivity contribution >= 4 is 6.08 Å². The van der Waals surface area contributed by atoms with E-state index in [-0.39, 0.29) is 6.04 Å². The number of nitrogens with one attached hydrogen (secondary N) is 1.